The molecule has 1 heterocycles. The summed E-state index contributed by atoms with van der Waals surface area (Å²) in [4.78, 5) is 28.4. The van der Waals surface area contributed by atoms with Crippen LogP contribution in [0.25, 0.3) is 0 Å². The number of rotatable bonds is 2. The summed E-state index contributed by atoms with van der Waals surface area (Å²) in [5.41, 5.74) is 1.49. The summed E-state index contributed by atoms with van der Waals surface area (Å²) in [6, 6.07) is 0. The molecule has 1 N–H and O–H groups in total. The van der Waals surface area contributed by atoms with E-state index in [-0.39, 0.29) is 11.9 Å². The standard InChI is InChI=1S/C22H30O6/c1-14-8-6-10-22(5,28-25)11-7-9-15(2)19(26-17(4)23)13-18-16(3)21(24)27-20(18)12-14/h6,9-10,12,18-20,25H,3,7-8,11,13H2,1-2,4-5H3/b10-6+,14-12+,15-9+/t18-,19+,20-,22+/m0/s1. The lowest BCUT2D eigenvalue weighted by atomic mass is 9.87. The number of fused-ring (bicyclic) bond motifs is 1. The Morgan fingerprint density at radius 3 is 2.75 bits per heavy atom. The monoisotopic (exact) mass is 390 g/mol. The quantitative estimate of drug-likeness (QED) is 0.249. The molecule has 0 aromatic rings. The van der Waals surface area contributed by atoms with E-state index in [1.54, 1.807) is 6.92 Å². The Morgan fingerprint density at radius 1 is 1.39 bits per heavy atom. The minimum Gasteiger partial charge on any atom is -0.458 e. The zero-order chi connectivity index (χ0) is 20.9. The lowest BCUT2D eigenvalue weighted by Crippen LogP contribution is -2.27. The minimum absolute atomic E-state index is 0.256. The highest BCUT2D eigenvalue weighted by molar-refractivity contribution is 5.91. The van der Waals surface area contributed by atoms with Crippen LogP contribution in [0.15, 0.2) is 47.6 Å². The van der Waals surface area contributed by atoms with Gasteiger partial charge in [-0.3, -0.25) is 10.1 Å². The molecule has 0 aromatic heterocycles. The smallest absolute Gasteiger partial charge is 0.334 e. The van der Waals surface area contributed by atoms with Crippen molar-refractivity contribution in [2.45, 2.75) is 71.2 Å². The molecule has 4 atom stereocenters. The largest absolute Gasteiger partial charge is 0.458 e. The summed E-state index contributed by atoms with van der Waals surface area (Å²) < 4.78 is 11.0. The number of allylic oxidation sites excluding steroid dienone is 3. The van der Waals surface area contributed by atoms with E-state index in [0.29, 0.717) is 31.3 Å². The number of esters is 2. The first kappa shape index (κ1) is 22.1. The Kier molecular flexibility index (Phi) is 7.38. The third-order valence-electron chi connectivity index (χ3n) is 5.31. The van der Waals surface area contributed by atoms with Gasteiger partial charge in [0.1, 0.15) is 17.8 Å². The number of carbonyl (C=O) groups is 2. The first-order valence-corrected chi connectivity index (χ1v) is 9.56. The second-order valence-corrected chi connectivity index (χ2v) is 7.85. The van der Waals surface area contributed by atoms with Gasteiger partial charge in [0.05, 0.1) is 0 Å². The Morgan fingerprint density at radius 2 is 2.11 bits per heavy atom. The van der Waals surface area contributed by atoms with E-state index in [2.05, 4.69) is 6.58 Å². The van der Waals surface area contributed by atoms with E-state index >= 15 is 0 Å². The SMILES string of the molecule is C=C1C(=O)O[C@H]2/C=C(\C)C/C=C/[C@@](C)(OO)CC/C=C(\C)[C@H](OC(C)=O)C[C@@H]12. The van der Waals surface area contributed by atoms with E-state index in [9.17, 15) is 14.8 Å². The van der Waals surface area contributed by atoms with Gasteiger partial charge in [0.2, 0.25) is 0 Å². The molecule has 1 saturated heterocycles. The van der Waals surface area contributed by atoms with Gasteiger partial charge in [-0.25, -0.2) is 9.68 Å². The summed E-state index contributed by atoms with van der Waals surface area (Å²) in [5.74, 6) is -1.05. The van der Waals surface area contributed by atoms with E-state index in [0.717, 1.165) is 11.1 Å². The highest BCUT2D eigenvalue weighted by Gasteiger charge is 2.39. The van der Waals surface area contributed by atoms with Crippen molar-refractivity contribution in [1.29, 1.82) is 0 Å². The molecule has 1 aliphatic carbocycles. The van der Waals surface area contributed by atoms with Crippen LogP contribution < -0.4 is 0 Å². The fourth-order valence-electron chi connectivity index (χ4n) is 3.54. The van der Waals surface area contributed by atoms with Gasteiger partial charge in [0.25, 0.3) is 0 Å². The van der Waals surface area contributed by atoms with Crippen molar-refractivity contribution in [3.05, 3.63) is 47.6 Å². The first-order chi connectivity index (χ1) is 13.1. The molecule has 6 heteroatoms. The molecule has 0 amide bonds. The maximum Gasteiger partial charge on any atom is 0.334 e. The number of hydrogen-bond acceptors (Lipinski definition) is 6. The molecule has 2 aliphatic rings. The van der Waals surface area contributed by atoms with Crippen LogP contribution in [0.3, 0.4) is 0 Å². The summed E-state index contributed by atoms with van der Waals surface area (Å²) in [7, 11) is 0. The molecule has 154 valence electrons. The fourth-order valence-corrected chi connectivity index (χ4v) is 3.54. The topological polar surface area (TPSA) is 82.1 Å². The van der Waals surface area contributed by atoms with Crippen LogP contribution >= 0.6 is 0 Å². The van der Waals surface area contributed by atoms with Crippen LogP contribution in [-0.2, 0) is 24.0 Å². The van der Waals surface area contributed by atoms with Crippen LogP contribution in [-0.4, -0.2) is 35.0 Å². The van der Waals surface area contributed by atoms with E-state index in [1.165, 1.54) is 6.92 Å². The summed E-state index contributed by atoms with van der Waals surface area (Å²) >= 11 is 0. The molecule has 0 unspecified atom stereocenters. The average molecular weight is 390 g/mol. The van der Waals surface area contributed by atoms with Crippen LogP contribution in [0.1, 0.15) is 53.4 Å². The van der Waals surface area contributed by atoms with E-state index in [1.807, 2.05) is 38.2 Å². The lowest BCUT2D eigenvalue weighted by molar-refractivity contribution is -0.303. The molecular formula is C22H30O6. The Hall–Kier alpha value is -2.18. The van der Waals surface area contributed by atoms with Crippen LogP contribution in [0.2, 0.25) is 0 Å². The van der Waals surface area contributed by atoms with Gasteiger partial charge in [0, 0.05) is 18.4 Å². The van der Waals surface area contributed by atoms with Gasteiger partial charge in [-0.1, -0.05) is 30.4 Å². The number of hydrogen-bond donors (Lipinski definition) is 1. The van der Waals surface area contributed by atoms with Crippen molar-refractivity contribution < 1.29 is 29.2 Å². The molecule has 1 fully saturated rings. The van der Waals surface area contributed by atoms with Crippen molar-refractivity contribution in [1.82, 2.24) is 0 Å². The molecular weight excluding hydrogens is 360 g/mol. The molecule has 2 rings (SSSR count). The van der Waals surface area contributed by atoms with Crippen molar-refractivity contribution in [2.75, 3.05) is 0 Å². The first-order valence-electron chi connectivity index (χ1n) is 9.56. The number of carbonyl (C=O) groups excluding carboxylic acids is 2. The average Bonchev–Trinajstić information content (AvgIpc) is 2.87. The molecule has 0 saturated carbocycles. The second kappa shape index (κ2) is 9.34. The second-order valence-electron chi connectivity index (χ2n) is 7.85. The maximum absolute atomic E-state index is 12.1. The molecule has 28 heavy (non-hydrogen) atoms. The number of ether oxygens (including phenoxy) is 2. The van der Waals surface area contributed by atoms with Crippen molar-refractivity contribution in [3.8, 4) is 0 Å². The van der Waals surface area contributed by atoms with Gasteiger partial charge in [-0.2, -0.15) is 0 Å². The van der Waals surface area contributed by atoms with E-state index < -0.39 is 23.8 Å². The predicted octanol–water partition coefficient (Wildman–Crippen LogP) is 4.29. The Balaban J connectivity index is 2.41. The van der Waals surface area contributed by atoms with Crippen LogP contribution in [0.4, 0.5) is 0 Å². The highest BCUT2D eigenvalue weighted by Crippen LogP contribution is 2.35. The summed E-state index contributed by atoms with van der Waals surface area (Å²) in [5, 5.41) is 9.32. The molecule has 6 nitrogen and oxygen atoms in total. The van der Waals surface area contributed by atoms with Gasteiger partial charge in [0.15, 0.2) is 0 Å². The van der Waals surface area contributed by atoms with Crippen molar-refractivity contribution >= 4 is 11.9 Å². The molecule has 0 bridgehead atoms. The Bertz CT molecular complexity index is 717. The molecule has 0 aromatic carbocycles. The molecule has 0 radical (unpaired) electrons. The summed E-state index contributed by atoms with van der Waals surface area (Å²) in [6.45, 7) is 10.9. The van der Waals surface area contributed by atoms with Gasteiger partial charge in [-0.05, 0) is 58.1 Å². The zero-order valence-corrected chi connectivity index (χ0v) is 17.1. The van der Waals surface area contributed by atoms with Crippen molar-refractivity contribution in [3.63, 3.8) is 0 Å². The minimum atomic E-state index is -0.811. The fraction of sp³-hybridized carbons (Fsp3) is 0.545. The maximum atomic E-state index is 12.1. The molecule has 1 aliphatic heterocycles. The van der Waals surface area contributed by atoms with Crippen molar-refractivity contribution in [2.24, 2.45) is 5.92 Å². The summed E-state index contributed by atoms with van der Waals surface area (Å²) in [6.07, 6.45) is 8.98. The lowest BCUT2D eigenvalue weighted by Gasteiger charge is -2.25. The van der Waals surface area contributed by atoms with Gasteiger partial charge in [-0.15, -0.1) is 0 Å². The third kappa shape index (κ3) is 5.66. The predicted molar refractivity (Wildman–Crippen MR) is 105 cm³/mol. The normalized spacial score (nSPS) is 36.8. The Labute approximate surface area is 166 Å². The van der Waals surface area contributed by atoms with Gasteiger partial charge < -0.3 is 9.47 Å². The molecule has 0 spiro atoms. The van der Waals surface area contributed by atoms with E-state index in [4.69, 9.17) is 14.4 Å². The van der Waals surface area contributed by atoms with Crippen LogP contribution in [0.5, 0.6) is 0 Å². The zero-order valence-electron chi connectivity index (χ0n) is 17.1. The van der Waals surface area contributed by atoms with Crippen LogP contribution in [0, 0.1) is 5.92 Å². The third-order valence-corrected chi connectivity index (χ3v) is 5.31. The van der Waals surface area contributed by atoms with Gasteiger partial charge >= 0.3 is 11.9 Å². The highest BCUT2D eigenvalue weighted by atomic mass is 17.1.